The van der Waals surface area contributed by atoms with E-state index >= 15 is 0 Å². The molecule has 6 atom stereocenters. The second-order valence-corrected chi connectivity index (χ2v) is 13.1. The smallest absolute Gasteiger partial charge is 0.353 e. The highest BCUT2D eigenvalue weighted by atomic mass is 32.2. The highest BCUT2D eigenvalue weighted by Gasteiger charge is 2.60. The Morgan fingerprint density at radius 3 is 2.50 bits per heavy atom. The third-order valence-corrected chi connectivity index (χ3v) is 10.2. The van der Waals surface area contributed by atoms with Gasteiger partial charge in [0.15, 0.2) is 23.9 Å². The Morgan fingerprint density at radius 2 is 1.86 bits per heavy atom. The van der Waals surface area contributed by atoms with E-state index in [4.69, 9.17) is 0 Å². The molecule has 1 aromatic heterocycles. The Labute approximate surface area is 259 Å². The number of benzene rings is 1. The molecule has 1 unspecified atom stereocenters. The summed E-state index contributed by atoms with van der Waals surface area (Å²) < 4.78 is 1.71. The van der Waals surface area contributed by atoms with Crippen molar-refractivity contribution in [3.05, 3.63) is 64.5 Å². The lowest BCUT2D eigenvalue weighted by Gasteiger charge is -2.46. The molecule has 4 heterocycles. The molecule has 1 aromatic carbocycles. The van der Waals surface area contributed by atoms with Crippen molar-refractivity contribution < 1.29 is 44.2 Å². The molecule has 5 rings (SSSR count). The predicted octanol–water partition coefficient (Wildman–Crippen LogP) is 0.887. The number of aliphatic carboxylic acids is 1. The topological polar surface area (TPSA) is 172 Å². The first-order valence-electron chi connectivity index (χ1n) is 14.5. The van der Waals surface area contributed by atoms with Gasteiger partial charge in [0.1, 0.15) is 5.70 Å². The van der Waals surface area contributed by atoms with E-state index in [1.54, 1.807) is 35.8 Å². The first kappa shape index (κ1) is 31.5. The maximum atomic E-state index is 13.2. The number of pyridine rings is 1. The Hall–Kier alpha value is -3.94. The van der Waals surface area contributed by atoms with Gasteiger partial charge in [-0.05, 0) is 43.5 Å². The van der Waals surface area contributed by atoms with Crippen LogP contribution in [-0.4, -0.2) is 97.4 Å². The molecule has 44 heavy (non-hydrogen) atoms. The van der Waals surface area contributed by atoms with E-state index in [-0.39, 0.29) is 58.5 Å². The van der Waals surface area contributed by atoms with Gasteiger partial charge in [0.05, 0.1) is 24.1 Å². The molecule has 3 aliphatic rings. The molecule has 2 fully saturated rings. The number of carbonyl (C=O) groups excluding carboxylic acids is 3. The number of phenolic OH excluding ortho intramolecular Hbond substituents is 2. The van der Waals surface area contributed by atoms with Gasteiger partial charge < -0.3 is 35.5 Å². The summed E-state index contributed by atoms with van der Waals surface area (Å²) in [5, 5.41) is 42.3. The molecule has 13 heteroatoms. The second kappa shape index (κ2) is 12.6. The van der Waals surface area contributed by atoms with E-state index in [1.807, 2.05) is 19.1 Å². The zero-order valence-corrected chi connectivity index (χ0v) is 25.5. The number of aromatic hydroxyl groups is 2. The molecule has 5 N–H and O–H groups in total. The quantitative estimate of drug-likeness (QED) is 0.105. The number of hydrogen-bond acceptors (Lipinski definition) is 9. The number of hydrogen-bond donors (Lipinski definition) is 5. The van der Waals surface area contributed by atoms with Crippen LogP contribution in [0.1, 0.15) is 36.2 Å². The monoisotopic (exact) mass is 625 g/mol. The van der Waals surface area contributed by atoms with Gasteiger partial charge in [-0.25, -0.2) is 4.79 Å². The maximum Gasteiger partial charge on any atom is 0.353 e. The minimum atomic E-state index is -1.16. The fourth-order valence-electron chi connectivity index (χ4n) is 6.23. The third-order valence-electron chi connectivity index (χ3n) is 8.69. The largest absolute Gasteiger partial charge is 0.504 e. The number of β-lactam (4-membered cyclic amide) rings is 1. The molecule has 2 saturated heterocycles. The van der Waals surface area contributed by atoms with Gasteiger partial charge in [-0.3, -0.25) is 14.4 Å². The summed E-state index contributed by atoms with van der Waals surface area (Å²) in [5.41, 5.74) is 1.27. The molecule has 234 valence electrons. The normalized spacial score (nSPS) is 25.0. The molecule has 12 nitrogen and oxygen atoms in total. The molecule has 0 spiro atoms. The molecule has 0 radical (unpaired) electrons. The molecular formula is C31H37N4O8S+. The standard InChI is InChI=1S/C31H36N4O8S/c1-16-26-25(17(2)36)30(41)35(26)27(31(42)43)28(16)44-20-13-21(32-14-20)29(40)33(3)9-6-18-7-10-34(11-8-18)15-24(39)19-4-5-22(37)23(38)12-19/h4-5,7-8,10-12,16-17,20-21,25-26,32,36H,6,9,13-15H2,1-3H3,(H2-,37,38,39,42,43)/p+1/t16-,17?,20+,21+,25-,26-/m1/s1. The Balaban J connectivity index is 1.12. The number of ketones is 1. The van der Waals surface area contributed by atoms with Crippen molar-refractivity contribution in [2.75, 3.05) is 20.1 Å². The number of nitrogens with zero attached hydrogens (tertiary/aromatic N) is 3. The van der Waals surface area contributed by atoms with Crippen LogP contribution >= 0.6 is 11.8 Å². The molecule has 0 saturated carbocycles. The number of fused-ring (bicyclic) bond motifs is 1. The van der Waals surface area contributed by atoms with Crippen molar-refractivity contribution in [3.63, 3.8) is 0 Å². The van der Waals surface area contributed by atoms with Gasteiger partial charge in [0, 0.05) is 53.9 Å². The zero-order valence-electron chi connectivity index (χ0n) is 24.7. The van der Waals surface area contributed by atoms with Crippen LogP contribution in [0.5, 0.6) is 11.5 Å². The average molecular weight is 626 g/mol. The van der Waals surface area contributed by atoms with E-state index in [0.717, 1.165) is 5.56 Å². The number of carbonyl (C=O) groups is 4. The number of carboxylic acid groups (broad SMARTS) is 1. The Kier molecular flexibility index (Phi) is 9.00. The fraction of sp³-hybridized carbons (Fsp3) is 0.452. The van der Waals surface area contributed by atoms with Crippen LogP contribution in [0, 0.1) is 11.8 Å². The third kappa shape index (κ3) is 6.04. The van der Waals surface area contributed by atoms with Gasteiger partial charge in [0.25, 0.3) is 0 Å². The van der Waals surface area contributed by atoms with Gasteiger partial charge in [-0.15, -0.1) is 11.8 Å². The number of carboxylic acids is 1. The lowest BCUT2D eigenvalue weighted by atomic mass is 9.79. The van der Waals surface area contributed by atoms with Crippen LogP contribution in [0.3, 0.4) is 0 Å². The Morgan fingerprint density at radius 1 is 1.16 bits per heavy atom. The highest BCUT2D eigenvalue weighted by Crippen LogP contribution is 2.51. The van der Waals surface area contributed by atoms with Crippen LogP contribution in [0.25, 0.3) is 0 Å². The minimum Gasteiger partial charge on any atom is -0.504 e. The summed E-state index contributed by atoms with van der Waals surface area (Å²) in [7, 11) is 1.75. The number of rotatable bonds is 11. The fourth-order valence-corrected chi connectivity index (χ4v) is 7.71. The van der Waals surface area contributed by atoms with E-state index in [0.29, 0.717) is 36.4 Å². The van der Waals surface area contributed by atoms with Crippen LogP contribution in [-0.2, 0) is 27.3 Å². The number of nitrogens with one attached hydrogen (secondary N) is 1. The number of aliphatic hydroxyl groups excluding tert-OH is 1. The van der Waals surface area contributed by atoms with Crippen LogP contribution in [0.15, 0.2) is 53.3 Å². The summed E-state index contributed by atoms with van der Waals surface area (Å²) in [4.78, 5) is 54.1. The molecule has 2 amide bonds. The van der Waals surface area contributed by atoms with Crippen molar-refractivity contribution >= 4 is 35.3 Å². The lowest BCUT2D eigenvalue weighted by molar-refractivity contribution is -0.683. The molecule has 0 aliphatic carbocycles. The summed E-state index contributed by atoms with van der Waals surface area (Å²) in [6, 6.07) is 6.95. The van der Waals surface area contributed by atoms with Crippen LogP contribution < -0.4 is 9.88 Å². The first-order chi connectivity index (χ1) is 20.9. The van der Waals surface area contributed by atoms with Crippen molar-refractivity contribution in [2.45, 2.75) is 56.7 Å². The van der Waals surface area contributed by atoms with Gasteiger partial charge >= 0.3 is 5.97 Å². The second-order valence-electron chi connectivity index (χ2n) is 11.7. The summed E-state index contributed by atoms with van der Waals surface area (Å²) in [5.74, 6) is -3.25. The summed E-state index contributed by atoms with van der Waals surface area (Å²) >= 11 is 1.41. The Bertz CT molecular complexity index is 1510. The molecule has 2 aromatic rings. The number of thioether (sulfide) groups is 1. The molecule has 0 bridgehead atoms. The van der Waals surface area contributed by atoms with Crippen molar-refractivity contribution in [2.24, 2.45) is 11.8 Å². The number of likely N-dealkylation sites (N-methyl/N-ethyl adjacent to an activating group) is 1. The predicted molar refractivity (Wildman–Crippen MR) is 159 cm³/mol. The number of aromatic nitrogens is 1. The van der Waals surface area contributed by atoms with Crippen molar-refractivity contribution in [1.82, 2.24) is 15.1 Å². The summed E-state index contributed by atoms with van der Waals surface area (Å²) in [6.45, 7) is 4.51. The SMILES string of the molecule is CC(O)[C@H]1C(=O)N2C(C(=O)O)=C(S[C@@H]3CN[C@H](C(=O)N(C)CCc4cc[n+](CC(=O)c5ccc(O)c(O)c5)cc4)C3)[C@H](C)[C@H]12. The van der Waals surface area contributed by atoms with E-state index < -0.39 is 24.0 Å². The summed E-state index contributed by atoms with van der Waals surface area (Å²) in [6.07, 6.45) is 3.83. The number of amides is 2. The zero-order chi connectivity index (χ0) is 31.9. The maximum absolute atomic E-state index is 13.2. The van der Waals surface area contributed by atoms with Gasteiger partial charge in [-0.1, -0.05) is 6.92 Å². The average Bonchev–Trinajstić information content (AvgIpc) is 3.54. The van der Waals surface area contributed by atoms with Gasteiger partial charge in [0.2, 0.25) is 24.1 Å². The number of Topliss-reactive ketones (excluding diaryl/α,β-unsaturated/α-hetero) is 1. The van der Waals surface area contributed by atoms with Gasteiger partial charge in [-0.2, -0.15) is 4.57 Å². The number of phenols is 2. The van der Waals surface area contributed by atoms with E-state index in [2.05, 4.69) is 5.32 Å². The van der Waals surface area contributed by atoms with E-state index in [9.17, 15) is 39.6 Å². The minimum absolute atomic E-state index is 0.00510. The lowest BCUT2D eigenvalue weighted by Crippen LogP contribution is -2.63. The van der Waals surface area contributed by atoms with Crippen LogP contribution in [0.4, 0.5) is 0 Å². The van der Waals surface area contributed by atoms with Crippen molar-refractivity contribution in [1.29, 1.82) is 0 Å². The first-order valence-corrected chi connectivity index (χ1v) is 15.4. The molecule has 3 aliphatic heterocycles. The highest BCUT2D eigenvalue weighted by molar-refractivity contribution is 8.03. The van der Waals surface area contributed by atoms with Crippen LogP contribution in [0.2, 0.25) is 0 Å². The van der Waals surface area contributed by atoms with Crippen molar-refractivity contribution in [3.8, 4) is 11.5 Å². The van der Waals surface area contributed by atoms with E-state index in [1.165, 1.54) is 34.9 Å². The number of aliphatic hydroxyl groups is 1. The molecular weight excluding hydrogens is 588 g/mol.